The molecule has 0 aliphatic rings. The first-order valence-electron chi connectivity index (χ1n) is 10.6. The Morgan fingerprint density at radius 2 is 1.74 bits per heavy atom. The van der Waals surface area contributed by atoms with E-state index in [-0.39, 0.29) is 50.7 Å². The van der Waals surface area contributed by atoms with E-state index in [1.165, 1.54) is 31.4 Å². The average Bonchev–Trinajstić information content (AvgIpc) is 2.83. The molecular formula is C25H27ClNNaO6S. The van der Waals surface area contributed by atoms with E-state index in [0.29, 0.717) is 18.1 Å². The summed E-state index contributed by atoms with van der Waals surface area (Å²) in [4.78, 5) is 11.4. The number of ether oxygens (including phenoxy) is 1. The zero-order valence-corrected chi connectivity index (χ0v) is 20.1. The first-order valence-corrected chi connectivity index (χ1v) is 12.5. The second-order valence-corrected chi connectivity index (χ2v) is 10.1. The van der Waals surface area contributed by atoms with Crippen molar-refractivity contribution in [1.82, 2.24) is 5.32 Å². The van der Waals surface area contributed by atoms with Crippen molar-refractivity contribution >= 4 is 57.0 Å². The van der Waals surface area contributed by atoms with Gasteiger partial charge in [0.05, 0.1) is 23.0 Å². The average molecular weight is 528 g/mol. The van der Waals surface area contributed by atoms with Gasteiger partial charge in [-0.25, -0.2) is 13.2 Å². The maximum absolute atomic E-state index is 12.9. The van der Waals surface area contributed by atoms with Crippen molar-refractivity contribution in [2.24, 2.45) is 0 Å². The van der Waals surface area contributed by atoms with Gasteiger partial charge >= 0.3 is 35.5 Å². The molecule has 0 saturated carbocycles. The van der Waals surface area contributed by atoms with Gasteiger partial charge in [-0.3, -0.25) is 0 Å². The van der Waals surface area contributed by atoms with Crippen LogP contribution in [0.4, 0.5) is 0 Å². The molecule has 0 amide bonds. The summed E-state index contributed by atoms with van der Waals surface area (Å²) in [5.74, 6) is -1.17. The van der Waals surface area contributed by atoms with E-state index in [1.807, 2.05) is 6.07 Å². The Morgan fingerprint density at radius 1 is 1.06 bits per heavy atom. The molecule has 3 aromatic carbocycles. The molecular weight excluding hydrogens is 501 g/mol. The van der Waals surface area contributed by atoms with Gasteiger partial charge in [0.2, 0.25) is 9.84 Å². The van der Waals surface area contributed by atoms with Crippen LogP contribution < -0.4 is 10.1 Å². The molecule has 7 nitrogen and oxygen atoms in total. The number of carboxylic acids is 1. The molecule has 0 saturated heterocycles. The molecule has 0 radical (unpaired) electrons. The number of aromatic carboxylic acids is 1. The van der Waals surface area contributed by atoms with Gasteiger partial charge in [-0.1, -0.05) is 35.9 Å². The van der Waals surface area contributed by atoms with Gasteiger partial charge in [0.25, 0.3) is 0 Å². The van der Waals surface area contributed by atoms with Gasteiger partial charge in [-0.15, -0.1) is 0 Å². The number of aliphatic hydroxyl groups excluding tert-OH is 1. The van der Waals surface area contributed by atoms with Crippen molar-refractivity contribution in [2.45, 2.75) is 28.7 Å². The Hall–Kier alpha value is -1.91. The SMILES string of the molecule is COc1ccc(S(=O)(=O)c2ccc(CCCNC[C@@H](O)c3cccc(Cl)c3)cc2)cc1C(=O)O.[NaH]. The second-order valence-electron chi connectivity index (χ2n) is 7.69. The minimum absolute atomic E-state index is 0. The van der Waals surface area contributed by atoms with Crippen LogP contribution in [0.1, 0.15) is 34.0 Å². The van der Waals surface area contributed by atoms with Crippen molar-refractivity contribution in [3.63, 3.8) is 0 Å². The molecule has 0 bridgehead atoms. The van der Waals surface area contributed by atoms with E-state index < -0.39 is 21.9 Å². The molecule has 0 spiro atoms. The number of halogens is 1. The number of nitrogens with one attached hydrogen (secondary N) is 1. The van der Waals surface area contributed by atoms with Crippen molar-refractivity contribution in [1.29, 1.82) is 0 Å². The van der Waals surface area contributed by atoms with Gasteiger partial charge in [0.1, 0.15) is 11.3 Å². The van der Waals surface area contributed by atoms with Crippen LogP contribution in [-0.4, -0.2) is 74.4 Å². The summed E-state index contributed by atoms with van der Waals surface area (Å²) in [6, 6.07) is 17.4. The Morgan fingerprint density at radius 3 is 2.37 bits per heavy atom. The van der Waals surface area contributed by atoms with Crippen LogP contribution in [0.3, 0.4) is 0 Å². The molecule has 0 aromatic heterocycles. The molecule has 0 aliphatic heterocycles. The van der Waals surface area contributed by atoms with Crippen LogP contribution in [-0.2, 0) is 16.3 Å². The van der Waals surface area contributed by atoms with Crippen LogP contribution in [0, 0.1) is 0 Å². The predicted molar refractivity (Wildman–Crippen MR) is 137 cm³/mol. The molecule has 35 heavy (non-hydrogen) atoms. The summed E-state index contributed by atoms with van der Waals surface area (Å²) in [5.41, 5.74) is 1.51. The number of hydrogen-bond acceptors (Lipinski definition) is 6. The van der Waals surface area contributed by atoms with Crippen LogP contribution in [0.2, 0.25) is 5.02 Å². The summed E-state index contributed by atoms with van der Waals surface area (Å²) in [6.45, 7) is 1.08. The summed E-state index contributed by atoms with van der Waals surface area (Å²) in [7, 11) is -2.55. The molecule has 3 aromatic rings. The van der Waals surface area contributed by atoms with E-state index in [1.54, 1.807) is 30.3 Å². The topological polar surface area (TPSA) is 113 Å². The summed E-state index contributed by atoms with van der Waals surface area (Å²) in [5, 5.41) is 23.3. The molecule has 10 heteroatoms. The monoisotopic (exact) mass is 527 g/mol. The number of aliphatic hydroxyl groups is 1. The molecule has 0 unspecified atom stereocenters. The standard InChI is InChI=1S/C25H26ClNO6S.Na.H/c1-33-24-12-11-21(15-22(24)25(29)30)34(31,32)20-9-7-17(8-10-20)4-3-13-27-16-23(28)18-5-2-6-19(26)14-18;;/h2,5-12,14-15,23,27-28H,3-4,13,16H2,1H3,(H,29,30);;/t23-;;/m1../s1. The number of sulfone groups is 1. The zero-order valence-electron chi connectivity index (χ0n) is 18.6. The minimum atomic E-state index is -3.87. The normalized spacial score (nSPS) is 12.0. The number of carbonyl (C=O) groups is 1. The molecule has 0 heterocycles. The van der Waals surface area contributed by atoms with Crippen molar-refractivity contribution in [3.05, 3.63) is 88.4 Å². The fourth-order valence-corrected chi connectivity index (χ4v) is 4.97. The van der Waals surface area contributed by atoms with Gasteiger partial charge in [-0.2, -0.15) is 0 Å². The number of methoxy groups -OCH3 is 1. The van der Waals surface area contributed by atoms with E-state index in [0.717, 1.165) is 30.0 Å². The van der Waals surface area contributed by atoms with Crippen LogP contribution in [0.15, 0.2) is 76.5 Å². The number of benzene rings is 3. The molecule has 1 atom stereocenters. The summed E-state index contributed by atoms with van der Waals surface area (Å²) < 4.78 is 30.9. The predicted octanol–water partition coefficient (Wildman–Crippen LogP) is 3.49. The first kappa shape index (κ1) is 29.3. The Balaban J connectivity index is 0.00000432. The summed E-state index contributed by atoms with van der Waals surface area (Å²) in [6.07, 6.45) is 0.879. The van der Waals surface area contributed by atoms with Gasteiger partial charge in [-0.05, 0) is 73.0 Å². The van der Waals surface area contributed by atoms with E-state index in [2.05, 4.69) is 5.32 Å². The third-order valence-electron chi connectivity index (χ3n) is 5.34. The van der Waals surface area contributed by atoms with Crippen molar-refractivity contribution in [3.8, 4) is 5.75 Å². The third kappa shape index (κ3) is 7.79. The van der Waals surface area contributed by atoms with Crippen LogP contribution >= 0.6 is 11.6 Å². The van der Waals surface area contributed by atoms with Crippen molar-refractivity contribution in [2.75, 3.05) is 20.2 Å². The Bertz CT molecular complexity index is 1250. The van der Waals surface area contributed by atoms with Gasteiger partial charge in [0.15, 0.2) is 0 Å². The fourth-order valence-electron chi connectivity index (χ4n) is 3.48. The van der Waals surface area contributed by atoms with E-state index in [9.17, 15) is 23.4 Å². The van der Waals surface area contributed by atoms with Gasteiger partial charge in [0, 0.05) is 11.6 Å². The Labute approximate surface area is 232 Å². The quantitative estimate of drug-likeness (QED) is 0.258. The summed E-state index contributed by atoms with van der Waals surface area (Å²) >= 11 is 5.95. The molecule has 182 valence electrons. The number of aryl methyl sites for hydroxylation is 1. The second kappa shape index (κ2) is 13.4. The van der Waals surface area contributed by atoms with E-state index in [4.69, 9.17) is 16.3 Å². The number of hydrogen-bond donors (Lipinski definition) is 3. The molecule has 0 aliphatic carbocycles. The first-order chi connectivity index (χ1) is 16.2. The number of carboxylic acid groups (broad SMARTS) is 1. The third-order valence-corrected chi connectivity index (χ3v) is 7.34. The van der Waals surface area contributed by atoms with Crippen LogP contribution in [0.25, 0.3) is 0 Å². The Kier molecular flexibility index (Phi) is 11.2. The maximum atomic E-state index is 12.9. The van der Waals surface area contributed by atoms with E-state index >= 15 is 0 Å². The number of rotatable bonds is 11. The van der Waals surface area contributed by atoms with Crippen molar-refractivity contribution < 1.29 is 28.2 Å². The molecule has 3 rings (SSSR count). The fraction of sp³-hybridized carbons (Fsp3) is 0.240. The zero-order chi connectivity index (χ0) is 24.7. The molecule has 3 N–H and O–H groups in total. The van der Waals surface area contributed by atoms with Crippen LogP contribution in [0.5, 0.6) is 5.75 Å². The van der Waals surface area contributed by atoms with Gasteiger partial charge < -0.3 is 20.3 Å². The molecule has 0 fully saturated rings.